The Bertz CT molecular complexity index is 433. The van der Waals surface area contributed by atoms with E-state index in [-0.39, 0.29) is 0 Å². The van der Waals surface area contributed by atoms with Gasteiger partial charge in [-0.15, -0.1) is 0 Å². The van der Waals surface area contributed by atoms with Gasteiger partial charge in [0.2, 0.25) is 0 Å². The van der Waals surface area contributed by atoms with Crippen molar-refractivity contribution in [2.75, 3.05) is 0 Å². The van der Waals surface area contributed by atoms with Crippen LogP contribution < -0.4 is 4.74 Å². The van der Waals surface area contributed by atoms with Crippen molar-refractivity contribution in [2.45, 2.75) is 71.3 Å². The Morgan fingerprint density at radius 3 is 2.50 bits per heavy atom. The predicted octanol–water partition coefficient (Wildman–Crippen LogP) is 5.99. The molecule has 0 saturated carbocycles. The largest absolute Gasteiger partial charge is 0.485 e. The molecule has 1 aliphatic heterocycles. The van der Waals surface area contributed by atoms with Crippen LogP contribution in [0.2, 0.25) is 0 Å². The zero-order valence-corrected chi connectivity index (χ0v) is 13.0. The van der Waals surface area contributed by atoms with Crippen LogP contribution in [0.4, 0.5) is 0 Å². The topological polar surface area (TPSA) is 9.23 Å². The van der Waals surface area contributed by atoms with Gasteiger partial charge in [0.25, 0.3) is 0 Å². The second-order valence-electron chi connectivity index (χ2n) is 5.82. The van der Waals surface area contributed by atoms with Crippen LogP contribution >= 0.6 is 0 Å². The molecule has 0 N–H and O–H groups in total. The van der Waals surface area contributed by atoms with E-state index in [9.17, 15) is 0 Å². The van der Waals surface area contributed by atoms with Gasteiger partial charge in [0, 0.05) is 5.56 Å². The van der Waals surface area contributed by atoms with Gasteiger partial charge >= 0.3 is 0 Å². The minimum Gasteiger partial charge on any atom is -0.485 e. The Morgan fingerprint density at radius 1 is 0.950 bits per heavy atom. The van der Waals surface area contributed by atoms with Crippen molar-refractivity contribution in [1.29, 1.82) is 0 Å². The molecule has 0 amide bonds. The molecule has 0 aromatic heterocycles. The number of rotatable bonds is 8. The predicted molar refractivity (Wildman–Crippen MR) is 87.1 cm³/mol. The molecule has 0 aliphatic carbocycles. The molecule has 0 radical (unpaired) electrons. The van der Waals surface area contributed by atoms with Gasteiger partial charge in [0.15, 0.2) is 0 Å². The third-order valence-corrected chi connectivity index (χ3v) is 4.08. The van der Waals surface area contributed by atoms with Crippen molar-refractivity contribution in [2.24, 2.45) is 0 Å². The Morgan fingerprint density at radius 2 is 1.70 bits per heavy atom. The van der Waals surface area contributed by atoms with Gasteiger partial charge in [0.05, 0.1) is 0 Å². The highest BCUT2D eigenvalue weighted by Crippen LogP contribution is 2.33. The lowest BCUT2D eigenvalue weighted by Gasteiger charge is -2.27. The smallest absolute Gasteiger partial charge is 0.127 e. The maximum absolute atomic E-state index is 6.25. The second-order valence-corrected chi connectivity index (χ2v) is 5.82. The van der Waals surface area contributed by atoms with E-state index in [4.69, 9.17) is 4.74 Å². The summed E-state index contributed by atoms with van der Waals surface area (Å²) in [7, 11) is 0. The number of benzene rings is 1. The zero-order chi connectivity index (χ0) is 14.2. The normalized spacial score (nSPS) is 17.3. The zero-order valence-electron chi connectivity index (χ0n) is 13.0. The van der Waals surface area contributed by atoms with Gasteiger partial charge in [-0.05, 0) is 43.4 Å². The Kier molecular flexibility index (Phi) is 6.17. The van der Waals surface area contributed by atoms with Crippen molar-refractivity contribution in [1.82, 2.24) is 0 Å². The van der Waals surface area contributed by atoms with E-state index in [1.54, 1.807) is 0 Å². The molecule has 1 aliphatic rings. The number of para-hydroxylation sites is 1. The molecule has 1 aromatic rings. The van der Waals surface area contributed by atoms with Gasteiger partial charge < -0.3 is 4.74 Å². The molecule has 1 unspecified atom stereocenters. The van der Waals surface area contributed by atoms with Gasteiger partial charge in [-0.25, -0.2) is 0 Å². The van der Waals surface area contributed by atoms with E-state index in [0.717, 1.165) is 5.75 Å². The number of hydrogen-bond acceptors (Lipinski definition) is 1. The lowest BCUT2D eigenvalue weighted by Crippen LogP contribution is -2.22. The van der Waals surface area contributed by atoms with Crippen molar-refractivity contribution in [3.8, 4) is 5.75 Å². The van der Waals surface area contributed by atoms with Crippen LogP contribution in [0.25, 0.3) is 6.08 Å². The molecule has 2 rings (SSSR count). The third-order valence-electron chi connectivity index (χ3n) is 4.08. The molecule has 0 saturated heterocycles. The van der Waals surface area contributed by atoms with Crippen LogP contribution in [-0.4, -0.2) is 6.10 Å². The summed E-state index contributed by atoms with van der Waals surface area (Å²) >= 11 is 0. The van der Waals surface area contributed by atoms with Crippen molar-refractivity contribution in [3.05, 3.63) is 35.4 Å². The van der Waals surface area contributed by atoms with Crippen LogP contribution in [0.3, 0.4) is 0 Å². The molecule has 1 nitrogen and oxygen atoms in total. The minimum absolute atomic E-state index is 0.313. The summed E-state index contributed by atoms with van der Waals surface area (Å²) in [4.78, 5) is 0. The van der Waals surface area contributed by atoms with E-state index in [2.05, 4.69) is 44.2 Å². The quantitative estimate of drug-likeness (QED) is 0.528. The lowest BCUT2D eigenvalue weighted by molar-refractivity contribution is 0.213. The molecular formula is C19H28O. The molecule has 0 spiro atoms. The summed E-state index contributed by atoms with van der Waals surface area (Å²) in [5.74, 6) is 1.06. The number of ether oxygens (including phenoxy) is 1. The maximum atomic E-state index is 6.25. The van der Waals surface area contributed by atoms with Crippen LogP contribution in [0.15, 0.2) is 29.8 Å². The molecule has 1 heteroatoms. The number of hydrogen-bond donors (Lipinski definition) is 0. The summed E-state index contributed by atoms with van der Waals surface area (Å²) in [6.45, 7) is 4.52. The fourth-order valence-corrected chi connectivity index (χ4v) is 2.87. The summed E-state index contributed by atoms with van der Waals surface area (Å²) in [5, 5.41) is 0. The monoisotopic (exact) mass is 272 g/mol. The fourth-order valence-electron chi connectivity index (χ4n) is 2.87. The van der Waals surface area contributed by atoms with Crippen molar-refractivity contribution >= 4 is 6.08 Å². The van der Waals surface area contributed by atoms with Crippen molar-refractivity contribution in [3.63, 3.8) is 0 Å². The molecule has 1 heterocycles. The third kappa shape index (κ3) is 4.13. The molecule has 1 atom stereocenters. The summed E-state index contributed by atoms with van der Waals surface area (Å²) in [6, 6.07) is 8.43. The average Bonchev–Trinajstić information content (AvgIpc) is 2.48. The first kappa shape index (κ1) is 15.2. The van der Waals surface area contributed by atoms with E-state index < -0.39 is 0 Å². The van der Waals surface area contributed by atoms with Crippen LogP contribution in [0.5, 0.6) is 5.75 Å². The molecule has 0 fully saturated rings. The van der Waals surface area contributed by atoms with Crippen LogP contribution in [-0.2, 0) is 0 Å². The van der Waals surface area contributed by atoms with Gasteiger partial charge in [0.1, 0.15) is 11.9 Å². The van der Waals surface area contributed by atoms with E-state index in [1.807, 2.05) is 0 Å². The molecular weight excluding hydrogens is 244 g/mol. The van der Waals surface area contributed by atoms with Crippen molar-refractivity contribution < 1.29 is 4.74 Å². The van der Waals surface area contributed by atoms with E-state index in [0.29, 0.717) is 6.10 Å². The van der Waals surface area contributed by atoms with Gasteiger partial charge in [-0.3, -0.25) is 0 Å². The second kappa shape index (κ2) is 8.14. The minimum atomic E-state index is 0.313. The van der Waals surface area contributed by atoms with E-state index >= 15 is 0 Å². The first-order valence-electron chi connectivity index (χ1n) is 8.31. The first-order valence-corrected chi connectivity index (χ1v) is 8.31. The first-order chi connectivity index (χ1) is 9.85. The summed E-state index contributed by atoms with van der Waals surface area (Å²) < 4.78 is 6.25. The molecule has 110 valence electrons. The number of unbranched alkanes of at least 4 members (excludes halogenated alkanes) is 4. The average molecular weight is 272 g/mol. The highest BCUT2D eigenvalue weighted by molar-refractivity contribution is 5.62. The van der Waals surface area contributed by atoms with Crippen LogP contribution in [0.1, 0.15) is 70.8 Å². The highest BCUT2D eigenvalue weighted by atomic mass is 16.5. The van der Waals surface area contributed by atoms with Gasteiger partial charge in [-0.2, -0.15) is 0 Å². The fraction of sp³-hybridized carbons (Fsp3) is 0.579. The number of fused-ring (bicyclic) bond motifs is 1. The Labute approximate surface area is 124 Å². The molecule has 1 aromatic carbocycles. The van der Waals surface area contributed by atoms with Gasteiger partial charge in [-0.1, -0.05) is 57.7 Å². The lowest BCUT2D eigenvalue weighted by atomic mass is 9.93. The summed E-state index contributed by atoms with van der Waals surface area (Å²) in [5.41, 5.74) is 2.76. The molecule has 20 heavy (non-hydrogen) atoms. The Hall–Kier alpha value is -1.24. The van der Waals surface area contributed by atoms with E-state index in [1.165, 1.54) is 62.5 Å². The highest BCUT2D eigenvalue weighted by Gasteiger charge is 2.21. The summed E-state index contributed by atoms with van der Waals surface area (Å²) in [6.07, 6.45) is 12.8. The Balaban J connectivity index is 2.05. The SMILES string of the molecule is CCCCCC1=Cc2ccccc2OC1CCCCC. The standard InChI is InChI=1S/C19H28O/c1-3-5-7-11-16-15-17-12-9-10-14-19(17)20-18(16)13-8-6-4-2/h9-10,12,14-15,18H,3-8,11,13H2,1-2H3. The molecule has 0 bridgehead atoms. The van der Waals surface area contributed by atoms with Crippen LogP contribution in [0, 0.1) is 0 Å². The maximum Gasteiger partial charge on any atom is 0.127 e.